The Kier molecular flexibility index (Phi) is 3.08. The van der Waals surface area contributed by atoms with Gasteiger partial charge in [0.05, 0.1) is 11.0 Å². The molecule has 1 aromatic heterocycles. The molecule has 1 aromatic carbocycles. The van der Waals surface area contributed by atoms with Crippen molar-refractivity contribution >= 4 is 23.3 Å². The number of nitrogens with zero attached hydrogens (tertiary/aromatic N) is 1. The largest absolute Gasteiger partial charge is 0.331 e. The minimum atomic E-state index is -0.226. The van der Waals surface area contributed by atoms with Crippen molar-refractivity contribution in [1.82, 2.24) is 9.55 Å². The lowest BCUT2D eigenvalue weighted by molar-refractivity contribution is 0.352. The van der Waals surface area contributed by atoms with Gasteiger partial charge >= 0.3 is 0 Å². The van der Waals surface area contributed by atoms with Crippen molar-refractivity contribution in [2.24, 2.45) is 5.41 Å². The molecule has 0 atom stereocenters. The Morgan fingerprint density at radius 1 is 1.35 bits per heavy atom. The molecule has 92 valence electrons. The Balaban J connectivity index is 2.42. The first kappa shape index (κ1) is 12.3. The molecule has 0 saturated carbocycles. The van der Waals surface area contributed by atoms with Gasteiger partial charge in [0.1, 0.15) is 5.82 Å². The van der Waals surface area contributed by atoms with Crippen molar-refractivity contribution in [1.29, 1.82) is 0 Å². The van der Waals surface area contributed by atoms with Gasteiger partial charge in [0.2, 0.25) is 0 Å². The van der Waals surface area contributed by atoms with Crippen LogP contribution >= 0.6 is 12.2 Å². The van der Waals surface area contributed by atoms with Gasteiger partial charge in [-0.15, -0.1) is 0 Å². The third-order valence-corrected chi connectivity index (χ3v) is 3.15. The molecule has 0 aliphatic rings. The molecule has 0 spiro atoms. The summed E-state index contributed by atoms with van der Waals surface area (Å²) in [5.74, 6) is -0.226. The molecule has 4 heteroatoms. The van der Waals surface area contributed by atoms with Crippen LogP contribution in [0.4, 0.5) is 4.39 Å². The van der Waals surface area contributed by atoms with Gasteiger partial charge in [0.25, 0.3) is 0 Å². The number of imidazole rings is 1. The number of benzene rings is 1. The molecule has 0 saturated heterocycles. The van der Waals surface area contributed by atoms with Gasteiger partial charge in [0, 0.05) is 6.54 Å². The second-order valence-electron chi connectivity index (χ2n) is 5.55. The van der Waals surface area contributed by atoms with Crippen LogP contribution in [-0.4, -0.2) is 9.55 Å². The molecule has 1 N–H and O–H groups in total. The lowest BCUT2D eigenvalue weighted by atomic mass is 9.92. The van der Waals surface area contributed by atoms with E-state index < -0.39 is 0 Å². The van der Waals surface area contributed by atoms with E-state index in [0.717, 1.165) is 24.0 Å². The van der Waals surface area contributed by atoms with Gasteiger partial charge in [-0.05, 0) is 42.3 Å². The van der Waals surface area contributed by atoms with E-state index in [-0.39, 0.29) is 11.2 Å². The molecule has 2 aromatic rings. The zero-order valence-corrected chi connectivity index (χ0v) is 11.2. The molecule has 2 nitrogen and oxygen atoms in total. The highest BCUT2D eigenvalue weighted by atomic mass is 32.1. The van der Waals surface area contributed by atoms with Crippen molar-refractivity contribution in [2.45, 2.75) is 33.7 Å². The highest BCUT2D eigenvalue weighted by Crippen LogP contribution is 2.22. The van der Waals surface area contributed by atoms with Crippen molar-refractivity contribution in [3.63, 3.8) is 0 Å². The molecular weight excluding hydrogens is 235 g/mol. The lowest BCUT2D eigenvalue weighted by Gasteiger charge is -2.18. The van der Waals surface area contributed by atoms with Crippen LogP contribution in [0.3, 0.4) is 0 Å². The smallest absolute Gasteiger partial charge is 0.178 e. The quantitative estimate of drug-likeness (QED) is 0.791. The minimum Gasteiger partial charge on any atom is -0.331 e. The van der Waals surface area contributed by atoms with E-state index in [0.29, 0.717) is 4.77 Å². The van der Waals surface area contributed by atoms with E-state index in [9.17, 15) is 4.39 Å². The monoisotopic (exact) mass is 252 g/mol. The van der Waals surface area contributed by atoms with Gasteiger partial charge in [0.15, 0.2) is 4.77 Å². The van der Waals surface area contributed by atoms with Crippen LogP contribution in [-0.2, 0) is 6.54 Å². The standard InChI is InChI=1S/C13H17FN2S/c1-13(2,3)6-7-16-11-8-9(14)4-5-10(11)15-12(16)17/h4-5,8H,6-7H2,1-3H3,(H,15,17). The van der Waals surface area contributed by atoms with Crippen LogP contribution in [0, 0.1) is 16.0 Å². The molecule has 0 unspecified atom stereocenters. The number of rotatable bonds is 2. The number of hydrogen-bond acceptors (Lipinski definition) is 1. The highest BCUT2D eigenvalue weighted by molar-refractivity contribution is 7.71. The number of nitrogens with one attached hydrogen (secondary N) is 1. The van der Waals surface area contributed by atoms with E-state index in [1.807, 2.05) is 4.57 Å². The number of aryl methyl sites for hydroxylation is 1. The average molecular weight is 252 g/mol. The summed E-state index contributed by atoms with van der Waals surface area (Å²) in [5.41, 5.74) is 1.98. The average Bonchev–Trinajstić information content (AvgIpc) is 2.49. The van der Waals surface area contributed by atoms with Crippen LogP contribution in [0.15, 0.2) is 18.2 Å². The Morgan fingerprint density at radius 3 is 2.71 bits per heavy atom. The van der Waals surface area contributed by atoms with Crippen molar-refractivity contribution < 1.29 is 4.39 Å². The van der Waals surface area contributed by atoms with Gasteiger partial charge in [-0.2, -0.15) is 0 Å². The van der Waals surface area contributed by atoms with E-state index >= 15 is 0 Å². The summed E-state index contributed by atoms with van der Waals surface area (Å²) in [5, 5.41) is 0. The SMILES string of the molecule is CC(C)(C)CCn1c(=S)[nH]c2ccc(F)cc21. The third-order valence-electron chi connectivity index (χ3n) is 2.82. The van der Waals surface area contributed by atoms with Gasteiger partial charge in [-0.25, -0.2) is 4.39 Å². The summed E-state index contributed by atoms with van der Waals surface area (Å²) in [4.78, 5) is 3.10. The van der Waals surface area contributed by atoms with E-state index in [1.165, 1.54) is 12.1 Å². The molecule has 0 aliphatic carbocycles. The summed E-state index contributed by atoms with van der Waals surface area (Å²) in [7, 11) is 0. The van der Waals surface area contributed by atoms with Crippen LogP contribution < -0.4 is 0 Å². The van der Waals surface area contributed by atoms with Gasteiger partial charge in [-0.1, -0.05) is 20.8 Å². The fraction of sp³-hybridized carbons (Fsp3) is 0.462. The first-order valence-corrected chi connectivity index (χ1v) is 6.16. The summed E-state index contributed by atoms with van der Waals surface area (Å²) in [6, 6.07) is 4.71. The van der Waals surface area contributed by atoms with Crippen molar-refractivity contribution in [2.75, 3.05) is 0 Å². The molecule has 0 fully saturated rings. The topological polar surface area (TPSA) is 20.7 Å². The van der Waals surface area contributed by atoms with Crippen LogP contribution in [0.5, 0.6) is 0 Å². The maximum Gasteiger partial charge on any atom is 0.178 e. The second-order valence-corrected chi connectivity index (χ2v) is 5.94. The summed E-state index contributed by atoms with van der Waals surface area (Å²) in [6.45, 7) is 7.37. The fourth-order valence-corrected chi connectivity index (χ4v) is 2.09. The summed E-state index contributed by atoms with van der Waals surface area (Å²) >= 11 is 5.27. The third kappa shape index (κ3) is 2.75. The Hall–Kier alpha value is -1.16. The van der Waals surface area contributed by atoms with Crippen molar-refractivity contribution in [3.8, 4) is 0 Å². The lowest BCUT2D eigenvalue weighted by Crippen LogP contribution is -2.10. The predicted molar refractivity (Wildman–Crippen MR) is 71.2 cm³/mol. The Morgan fingerprint density at radius 2 is 2.06 bits per heavy atom. The molecule has 17 heavy (non-hydrogen) atoms. The number of hydrogen-bond donors (Lipinski definition) is 1. The Labute approximate surface area is 105 Å². The van der Waals surface area contributed by atoms with E-state index in [4.69, 9.17) is 12.2 Å². The summed E-state index contributed by atoms with van der Waals surface area (Å²) in [6.07, 6.45) is 1.00. The second kappa shape index (κ2) is 4.26. The molecule has 1 heterocycles. The Bertz CT molecular complexity index is 589. The molecule has 2 rings (SSSR count). The zero-order valence-electron chi connectivity index (χ0n) is 10.4. The van der Waals surface area contributed by atoms with Crippen LogP contribution in [0.2, 0.25) is 0 Å². The van der Waals surface area contributed by atoms with Crippen LogP contribution in [0.25, 0.3) is 11.0 Å². The van der Waals surface area contributed by atoms with Gasteiger partial charge < -0.3 is 9.55 Å². The normalized spacial score (nSPS) is 12.2. The number of aromatic amines is 1. The number of fused-ring (bicyclic) bond motifs is 1. The van der Waals surface area contributed by atoms with Crippen molar-refractivity contribution in [3.05, 3.63) is 28.8 Å². The van der Waals surface area contributed by atoms with E-state index in [2.05, 4.69) is 25.8 Å². The molecular formula is C13H17FN2S. The number of halogens is 1. The van der Waals surface area contributed by atoms with E-state index in [1.54, 1.807) is 6.07 Å². The first-order chi connectivity index (χ1) is 7.87. The fourth-order valence-electron chi connectivity index (χ4n) is 1.80. The van der Waals surface area contributed by atoms with Gasteiger partial charge in [-0.3, -0.25) is 0 Å². The molecule has 0 amide bonds. The summed E-state index contributed by atoms with van der Waals surface area (Å²) < 4.78 is 15.9. The minimum absolute atomic E-state index is 0.226. The maximum atomic E-state index is 13.2. The highest BCUT2D eigenvalue weighted by Gasteiger charge is 2.12. The molecule has 0 aliphatic heterocycles. The number of aromatic nitrogens is 2. The predicted octanol–water partition coefficient (Wildman–Crippen LogP) is 4.27. The maximum absolute atomic E-state index is 13.2. The molecule has 0 bridgehead atoms. The number of H-pyrrole nitrogens is 1. The first-order valence-electron chi connectivity index (χ1n) is 5.75. The zero-order chi connectivity index (χ0) is 12.6. The molecule has 0 radical (unpaired) electrons. The van der Waals surface area contributed by atoms with Crippen LogP contribution in [0.1, 0.15) is 27.2 Å².